The van der Waals surface area contributed by atoms with Crippen LogP contribution in [-0.4, -0.2) is 35.7 Å². The minimum atomic E-state index is -1.80. The molecule has 0 aliphatic heterocycles. The van der Waals surface area contributed by atoms with Crippen LogP contribution in [0.1, 0.15) is 168 Å². The first-order valence-corrected chi connectivity index (χ1v) is 15.6. The molecular formula is C30H60O8. The van der Waals surface area contributed by atoms with Crippen LogP contribution in [0, 0.1) is 0 Å². The summed E-state index contributed by atoms with van der Waals surface area (Å²) >= 11 is 0. The second-order valence-electron chi connectivity index (χ2n) is 10.1. The maximum Gasteiger partial charge on any atom is 0.547 e. The lowest BCUT2D eigenvalue weighted by atomic mass is 10.1. The predicted octanol–water partition coefficient (Wildman–Crippen LogP) is 10.6. The van der Waals surface area contributed by atoms with E-state index < -0.39 is 12.3 Å². The van der Waals surface area contributed by atoms with E-state index in [1.807, 2.05) is 0 Å². The second-order valence-corrected chi connectivity index (χ2v) is 10.1. The van der Waals surface area contributed by atoms with Crippen LogP contribution < -0.4 is 0 Å². The Balaban J connectivity index is 0. The van der Waals surface area contributed by atoms with Crippen LogP contribution in [0.3, 0.4) is 0 Å². The van der Waals surface area contributed by atoms with Crippen molar-refractivity contribution in [3.63, 3.8) is 0 Å². The summed E-state index contributed by atoms with van der Waals surface area (Å²) in [4.78, 5) is 35.5. The lowest BCUT2D eigenvalue weighted by Crippen LogP contribution is -2.05. The summed E-state index contributed by atoms with van der Waals surface area (Å²) in [5, 5.41) is 15.1. The van der Waals surface area contributed by atoms with E-state index in [0.29, 0.717) is 0 Å². The molecule has 0 saturated heterocycles. The first-order chi connectivity index (χ1) is 18.5. The zero-order valence-corrected chi connectivity index (χ0v) is 24.7. The monoisotopic (exact) mass is 548 g/mol. The van der Waals surface area contributed by atoms with Gasteiger partial charge in [-0.1, -0.05) is 155 Å². The van der Waals surface area contributed by atoms with Gasteiger partial charge in [-0.15, -0.1) is 0 Å². The van der Waals surface area contributed by atoms with Gasteiger partial charge in [0.1, 0.15) is 0 Å². The molecule has 0 aliphatic carbocycles. The van der Waals surface area contributed by atoms with E-state index in [1.165, 1.54) is 141 Å². The van der Waals surface area contributed by atoms with Gasteiger partial charge in [-0.25, -0.2) is 29.1 Å². The van der Waals surface area contributed by atoms with Crippen molar-refractivity contribution in [2.75, 3.05) is 13.2 Å². The Morgan fingerprint density at radius 2 is 0.605 bits per heavy atom. The molecule has 38 heavy (non-hydrogen) atoms. The van der Waals surface area contributed by atoms with Gasteiger partial charge in [0.15, 0.2) is 0 Å². The number of carbonyl (C=O) groups is 2. The third-order valence-electron chi connectivity index (χ3n) is 6.43. The van der Waals surface area contributed by atoms with Crippen LogP contribution in [0.4, 0.5) is 9.59 Å². The minimum absolute atomic E-state index is 0.773. The molecule has 0 bridgehead atoms. The molecule has 8 nitrogen and oxygen atoms in total. The van der Waals surface area contributed by atoms with Crippen molar-refractivity contribution < 1.29 is 39.4 Å². The average Bonchev–Trinajstić information content (AvgIpc) is 2.90. The predicted molar refractivity (Wildman–Crippen MR) is 152 cm³/mol. The van der Waals surface area contributed by atoms with Crippen molar-refractivity contribution in [2.45, 2.75) is 168 Å². The van der Waals surface area contributed by atoms with Gasteiger partial charge >= 0.3 is 12.3 Å². The summed E-state index contributed by atoms with van der Waals surface area (Å²) in [5.41, 5.74) is 0. The Kier molecular flexibility index (Phi) is 36.0. The van der Waals surface area contributed by atoms with E-state index in [2.05, 4.69) is 23.6 Å². The molecule has 2 N–H and O–H groups in total. The van der Waals surface area contributed by atoms with Crippen molar-refractivity contribution in [2.24, 2.45) is 0 Å². The van der Waals surface area contributed by atoms with Crippen LogP contribution in [0.5, 0.6) is 0 Å². The maximum atomic E-state index is 9.29. The van der Waals surface area contributed by atoms with E-state index in [0.717, 1.165) is 26.1 Å². The highest BCUT2D eigenvalue weighted by Crippen LogP contribution is 2.13. The normalized spacial score (nSPS) is 10.6. The van der Waals surface area contributed by atoms with Gasteiger partial charge < -0.3 is 10.2 Å². The van der Waals surface area contributed by atoms with E-state index in [1.54, 1.807) is 0 Å². The van der Waals surface area contributed by atoms with Crippen LogP contribution in [-0.2, 0) is 19.6 Å². The van der Waals surface area contributed by atoms with Gasteiger partial charge in [0, 0.05) is 0 Å². The van der Waals surface area contributed by atoms with Crippen LogP contribution in [0.15, 0.2) is 0 Å². The van der Waals surface area contributed by atoms with Gasteiger partial charge in [-0.3, -0.25) is 0 Å². The lowest BCUT2D eigenvalue weighted by molar-refractivity contribution is -0.295. The summed E-state index contributed by atoms with van der Waals surface area (Å²) in [7, 11) is 0. The molecule has 0 aliphatic rings. The second kappa shape index (κ2) is 35.5. The molecule has 0 radical (unpaired) electrons. The zero-order valence-electron chi connectivity index (χ0n) is 24.7. The van der Waals surface area contributed by atoms with Gasteiger partial charge in [0.05, 0.1) is 13.2 Å². The van der Waals surface area contributed by atoms with Gasteiger partial charge in [-0.2, -0.15) is 0 Å². The number of rotatable bonds is 27. The van der Waals surface area contributed by atoms with Crippen molar-refractivity contribution in [3.05, 3.63) is 0 Å². The highest BCUT2D eigenvalue weighted by molar-refractivity contribution is 5.60. The van der Waals surface area contributed by atoms with Gasteiger partial charge in [-0.05, 0) is 12.8 Å². The van der Waals surface area contributed by atoms with Crippen molar-refractivity contribution in [1.82, 2.24) is 0 Å². The summed E-state index contributed by atoms with van der Waals surface area (Å²) in [6, 6.07) is 0. The van der Waals surface area contributed by atoms with Crippen molar-refractivity contribution in [3.8, 4) is 0 Å². The average molecular weight is 549 g/mol. The first-order valence-electron chi connectivity index (χ1n) is 15.6. The number of hydrogen-bond acceptors (Lipinski definition) is 6. The largest absolute Gasteiger partial charge is 0.547 e. The maximum absolute atomic E-state index is 9.29. The Morgan fingerprint density at radius 1 is 0.395 bits per heavy atom. The fraction of sp³-hybridized carbons (Fsp3) is 0.933. The van der Waals surface area contributed by atoms with Crippen LogP contribution in [0.2, 0.25) is 0 Å². The molecule has 0 aromatic rings. The van der Waals surface area contributed by atoms with E-state index >= 15 is 0 Å². The summed E-state index contributed by atoms with van der Waals surface area (Å²) in [6.07, 6.45) is 29.6. The number of hydrogen-bond donors (Lipinski definition) is 2. The van der Waals surface area contributed by atoms with Crippen LogP contribution in [0.25, 0.3) is 0 Å². The van der Waals surface area contributed by atoms with Gasteiger partial charge in [0.25, 0.3) is 0 Å². The Labute approximate surface area is 233 Å². The molecule has 0 heterocycles. The molecule has 0 fully saturated rings. The van der Waals surface area contributed by atoms with E-state index in [9.17, 15) is 9.59 Å². The quantitative estimate of drug-likeness (QED) is 0.0592. The fourth-order valence-electron chi connectivity index (χ4n) is 4.19. The molecule has 0 unspecified atom stereocenters. The Hall–Kier alpha value is -1.54. The molecule has 8 heteroatoms. The Morgan fingerprint density at radius 3 is 0.816 bits per heavy atom. The number of unbranched alkanes of at least 4 members (excludes halogenated alkanes) is 22. The SMILES string of the molecule is CCCCCCCCCCCCCCOOCCCCCCCCCCCCCC.O=C(O)OOC(=O)O. The molecule has 0 spiro atoms. The van der Waals surface area contributed by atoms with Gasteiger partial charge in [0.2, 0.25) is 0 Å². The third kappa shape index (κ3) is 41.6. The number of carboxylic acid groups (broad SMARTS) is 2. The Bertz CT molecular complexity index is 431. The van der Waals surface area contributed by atoms with Crippen molar-refractivity contribution >= 4 is 12.3 Å². The van der Waals surface area contributed by atoms with E-state index in [-0.39, 0.29) is 0 Å². The highest BCUT2D eigenvalue weighted by atomic mass is 17.2. The summed E-state index contributed by atoms with van der Waals surface area (Å²) in [5.74, 6) is 0. The lowest BCUT2D eigenvalue weighted by Gasteiger charge is -2.05. The first kappa shape index (κ1) is 38.6. The molecular weight excluding hydrogens is 488 g/mol. The fourth-order valence-corrected chi connectivity index (χ4v) is 4.19. The van der Waals surface area contributed by atoms with Crippen molar-refractivity contribution in [1.29, 1.82) is 0 Å². The minimum Gasteiger partial charge on any atom is -0.447 e. The molecule has 0 aromatic carbocycles. The third-order valence-corrected chi connectivity index (χ3v) is 6.43. The molecule has 0 amide bonds. The summed E-state index contributed by atoms with van der Waals surface area (Å²) < 4.78 is 0. The molecule has 228 valence electrons. The standard InChI is InChI=1S/C28H58O2.C2H2O6/c1-3-5-7-9-11-13-15-17-19-21-23-25-27-29-30-28-26-24-22-20-18-16-14-12-10-8-6-4-2;3-1(4)7-8-2(5)6/h3-28H2,1-2H3;(H,3,4)(H,5,6). The smallest absolute Gasteiger partial charge is 0.447 e. The molecule has 0 saturated carbocycles. The molecule has 0 atom stereocenters. The molecule has 0 rings (SSSR count). The zero-order chi connectivity index (χ0) is 28.4. The summed E-state index contributed by atoms with van der Waals surface area (Å²) in [6.45, 7) is 6.12. The molecule has 0 aromatic heterocycles. The van der Waals surface area contributed by atoms with E-state index in [4.69, 9.17) is 20.0 Å². The highest BCUT2D eigenvalue weighted by Gasteiger charge is 2.02. The van der Waals surface area contributed by atoms with Crippen LogP contribution >= 0.6 is 0 Å². The topological polar surface area (TPSA) is 112 Å².